The maximum Gasteiger partial charge on any atom is 0.300 e. The lowest BCUT2D eigenvalue weighted by Gasteiger charge is -2.21. The molecule has 24 heavy (non-hydrogen) atoms. The number of carbonyl (C=O) groups is 1. The van der Waals surface area contributed by atoms with Gasteiger partial charge in [-0.15, -0.1) is 10.2 Å². The quantitative estimate of drug-likeness (QED) is 0.805. The van der Waals surface area contributed by atoms with Crippen molar-refractivity contribution in [3.05, 3.63) is 23.8 Å². The minimum absolute atomic E-state index is 0.501. The molecule has 1 fully saturated rings. The van der Waals surface area contributed by atoms with Crippen LogP contribution in [0.5, 0.6) is 0 Å². The van der Waals surface area contributed by atoms with Gasteiger partial charge in [0.25, 0.3) is 5.97 Å². The summed E-state index contributed by atoms with van der Waals surface area (Å²) in [4.78, 5) is 17.7. The maximum absolute atomic E-state index is 9.00. The molecule has 3 heterocycles. The Balaban J connectivity index is 0.000000471. The van der Waals surface area contributed by atoms with Crippen LogP contribution in [0.2, 0.25) is 0 Å². The Hall–Kier alpha value is -2.00. The third-order valence-electron chi connectivity index (χ3n) is 3.53. The van der Waals surface area contributed by atoms with Crippen molar-refractivity contribution in [3.8, 4) is 0 Å². The predicted octanol–water partition coefficient (Wildman–Crippen LogP) is 1.62. The van der Waals surface area contributed by atoms with E-state index in [9.17, 15) is 0 Å². The molecular formula is C15H22N6O2S. The zero-order chi connectivity index (χ0) is 17.5. The summed E-state index contributed by atoms with van der Waals surface area (Å²) in [7, 11) is 2.02. The predicted molar refractivity (Wildman–Crippen MR) is 90.0 cm³/mol. The van der Waals surface area contributed by atoms with Gasteiger partial charge in [-0.3, -0.25) is 4.79 Å². The van der Waals surface area contributed by atoms with Crippen molar-refractivity contribution in [1.29, 1.82) is 0 Å². The SMILES string of the molecule is CC(=O)O.Cc1ccnc(Sc2nnc(C3CCNCC3)n2C)n1. The Morgan fingerprint density at radius 3 is 2.67 bits per heavy atom. The number of rotatable bonds is 3. The van der Waals surface area contributed by atoms with E-state index in [4.69, 9.17) is 9.90 Å². The summed E-state index contributed by atoms with van der Waals surface area (Å²) in [5.41, 5.74) is 0.961. The van der Waals surface area contributed by atoms with Crippen LogP contribution >= 0.6 is 11.8 Å². The zero-order valence-corrected chi connectivity index (χ0v) is 14.9. The van der Waals surface area contributed by atoms with Crippen molar-refractivity contribution >= 4 is 17.7 Å². The van der Waals surface area contributed by atoms with Gasteiger partial charge in [0.15, 0.2) is 10.3 Å². The highest BCUT2D eigenvalue weighted by molar-refractivity contribution is 7.99. The fourth-order valence-electron chi connectivity index (χ4n) is 2.41. The molecule has 2 N–H and O–H groups in total. The second kappa shape index (κ2) is 8.74. The molecule has 0 radical (unpaired) electrons. The van der Waals surface area contributed by atoms with Crippen molar-refractivity contribution in [3.63, 3.8) is 0 Å². The number of piperidine rings is 1. The number of hydrogen-bond acceptors (Lipinski definition) is 7. The van der Waals surface area contributed by atoms with Gasteiger partial charge < -0.3 is 15.0 Å². The molecule has 2 aromatic rings. The van der Waals surface area contributed by atoms with Gasteiger partial charge in [0.05, 0.1) is 0 Å². The minimum atomic E-state index is -0.833. The average Bonchev–Trinajstić information content (AvgIpc) is 2.89. The first-order valence-corrected chi connectivity index (χ1v) is 8.56. The number of hydrogen-bond donors (Lipinski definition) is 2. The van der Waals surface area contributed by atoms with Crippen LogP contribution in [0.4, 0.5) is 0 Å². The second-order valence-electron chi connectivity index (χ2n) is 5.53. The normalized spacial score (nSPS) is 14.8. The van der Waals surface area contributed by atoms with Crippen molar-refractivity contribution in [2.45, 2.75) is 42.9 Å². The summed E-state index contributed by atoms with van der Waals surface area (Å²) in [5, 5.41) is 21.0. The Morgan fingerprint density at radius 1 is 1.38 bits per heavy atom. The van der Waals surface area contributed by atoms with Crippen LogP contribution in [-0.4, -0.2) is 48.9 Å². The largest absolute Gasteiger partial charge is 0.481 e. The molecule has 2 aromatic heterocycles. The van der Waals surface area contributed by atoms with Crippen LogP contribution in [0.3, 0.4) is 0 Å². The van der Waals surface area contributed by atoms with Gasteiger partial charge >= 0.3 is 0 Å². The van der Waals surface area contributed by atoms with Crippen LogP contribution in [0.15, 0.2) is 22.6 Å². The van der Waals surface area contributed by atoms with Gasteiger partial charge in [0, 0.05) is 31.8 Å². The number of nitrogens with one attached hydrogen (secondary N) is 1. The Kier molecular flexibility index (Phi) is 6.68. The topological polar surface area (TPSA) is 106 Å². The summed E-state index contributed by atoms with van der Waals surface area (Å²) in [6.07, 6.45) is 4.02. The van der Waals surface area contributed by atoms with Crippen LogP contribution in [0, 0.1) is 6.92 Å². The third kappa shape index (κ3) is 5.27. The fraction of sp³-hybridized carbons (Fsp3) is 0.533. The molecule has 0 amide bonds. The molecule has 1 saturated heterocycles. The molecule has 9 heteroatoms. The van der Waals surface area contributed by atoms with E-state index in [0.29, 0.717) is 5.92 Å². The first-order valence-electron chi connectivity index (χ1n) is 7.74. The van der Waals surface area contributed by atoms with E-state index >= 15 is 0 Å². The number of carboxylic acid groups (broad SMARTS) is 1. The van der Waals surface area contributed by atoms with Crippen LogP contribution in [0.1, 0.15) is 37.2 Å². The molecule has 0 aromatic carbocycles. The van der Waals surface area contributed by atoms with Gasteiger partial charge in [0.1, 0.15) is 5.82 Å². The lowest BCUT2D eigenvalue weighted by atomic mass is 9.97. The highest BCUT2D eigenvalue weighted by Gasteiger charge is 2.22. The van der Waals surface area contributed by atoms with Gasteiger partial charge in [-0.1, -0.05) is 0 Å². The van der Waals surface area contributed by atoms with Gasteiger partial charge in [-0.25, -0.2) is 9.97 Å². The monoisotopic (exact) mass is 350 g/mol. The van der Waals surface area contributed by atoms with Gasteiger partial charge in [-0.05, 0) is 50.7 Å². The second-order valence-corrected chi connectivity index (χ2v) is 6.46. The van der Waals surface area contributed by atoms with Crippen molar-refractivity contribution in [2.75, 3.05) is 13.1 Å². The Labute approximate surface area is 145 Å². The van der Waals surface area contributed by atoms with Crippen molar-refractivity contribution < 1.29 is 9.90 Å². The van der Waals surface area contributed by atoms with Gasteiger partial charge in [-0.2, -0.15) is 0 Å². The number of aryl methyl sites for hydroxylation is 1. The molecule has 0 bridgehead atoms. The molecule has 0 spiro atoms. The molecule has 8 nitrogen and oxygen atoms in total. The number of carboxylic acids is 1. The summed E-state index contributed by atoms with van der Waals surface area (Å²) in [6.45, 7) is 5.16. The van der Waals surface area contributed by atoms with Crippen molar-refractivity contribution in [1.82, 2.24) is 30.0 Å². The van der Waals surface area contributed by atoms with E-state index in [2.05, 4.69) is 30.0 Å². The van der Waals surface area contributed by atoms with E-state index < -0.39 is 5.97 Å². The first-order chi connectivity index (χ1) is 11.5. The van der Waals surface area contributed by atoms with E-state index in [1.54, 1.807) is 6.20 Å². The average molecular weight is 350 g/mol. The van der Waals surface area contributed by atoms with Crippen LogP contribution in [-0.2, 0) is 11.8 Å². The third-order valence-corrected chi connectivity index (χ3v) is 4.45. The van der Waals surface area contributed by atoms with E-state index in [0.717, 1.165) is 54.7 Å². The minimum Gasteiger partial charge on any atom is -0.481 e. The Bertz CT molecular complexity index is 680. The molecule has 130 valence electrons. The standard InChI is InChI=1S/C13H18N6S.C2H4O2/c1-9-3-8-15-12(16-9)20-13-18-17-11(19(13)2)10-4-6-14-7-5-10;1-2(3)4/h3,8,10,14H,4-7H2,1-2H3;1H3,(H,3,4). The molecule has 0 aliphatic carbocycles. The van der Waals surface area contributed by atoms with E-state index in [-0.39, 0.29) is 0 Å². The Morgan fingerprint density at radius 2 is 2.04 bits per heavy atom. The number of aromatic nitrogens is 5. The molecule has 1 aliphatic heterocycles. The first kappa shape index (κ1) is 18.3. The molecule has 0 atom stereocenters. The lowest BCUT2D eigenvalue weighted by Crippen LogP contribution is -2.27. The summed E-state index contributed by atoms with van der Waals surface area (Å²) in [5.74, 6) is 0.739. The highest BCUT2D eigenvalue weighted by atomic mass is 32.2. The number of nitrogens with zero attached hydrogens (tertiary/aromatic N) is 5. The summed E-state index contributed by atoms with van der Waals surface area (Å²) < 4.78 is 2.08. The van der Waals surface area contributed by atoms with E-state index in [1.807, 2.05) is 20.0 Å². The molecular weight excluding hydrogens is 328 g/mol. The zero-order valence-electron chi connectivity index (χ0n) is 14.1. The molecule has 1 aliphatic rings. The lowest BCUT2D eigenvalue weighted by molar-refractivity contribution is -0.134. The summed E-state index contributed by atoms with van der Waals surface area (Å²) >= 11 is 1.46. The van der Waals surface area contributed by atoms with Crippen LogP contribution < -0.4 is 5.32 Å². The molecule has 0 saturated carbocycles. The van der Waals surface area contributed by atoms with Gasteiger partial charge in [0.2, 0.25) is 0 Å². The summed E-state index contributed by atoms with van der Waals surface area (Å²) in [6, 6.07) is 1.89. The van der Waals surface area contributed by atoms with Crippen molar-refractivity contribution in [2.24, 2.45) is 7.05 Å². The smallest absolute Gasteiger partial charge is 0.300 e. The van der Waals surface area contributed by atoms with Crippen LogP contribution in [0.25, 0.3) is 0 Å². The molecule has 0 unspecified atom stereocenters. The highest BCUT2D eigenvalue weighted by Crippen LogP contribution is 2.28. The molecule has 3 rings (SSSR count). The van der Waals surface area contributed by atoms with E-state index in [1.165, 1.54) is 11.8 Å². The fourth-order valence-corrected chi connectivity index (χ4v) is 3.19. The number of aliphatic carboxylic acids is 1. The maximum atomic E-state index is 9.00.